The lowest BCUT2D eigenvalue weighted by atomic mass is 10.2. The SMILES string of the molecule is COc1ccc(C(=O)Oc2ccc(C(=O)OCCOc3ccccc3)cc2)cc1Br. The number of carbonyl (C=O) groups is 2. The molecule has 0 aliphatic heterocycles. The van der Waals surface area contributed by atoms with Crippen LogP contribution in [0.25, 0.3) is 0 Å². The monoisotopic (exact) mass is 470 g/mol. The van der Waals surface area contributed by atoms with Crippen LogP contribution in [0.4, 0.5) is 0 Å². The topological polar surface area (TPSA) is 71.1 Å². The molecule has 3 aromatic carbocycles. The van der Waals surface area contributed by atoms with Crippen molar-refractivity contribution >= 4 is 27.9 Å². The average molecular weight is 471 g/mol. The van der Waals surface area contributed by atoms with Gasteiger partial charge in [-0.2, -0.15) is 0 Å². The third-order valence-corrected chi connectivity index (χ3v) is 4.64. The summed E-state index contributed by atoms with van der Waals surface area (Å²) in [7, 11) is 1.54. The zero-order valence-corrected chi connectivity index (χ0v) is 17.8. The Hall–Kier alpha value is -3.32. The normalized spacial score (nSPS) is 10.2. The number of ether oxygens (including phenoxy) is 4. The van der Waals surface area contributed by atoms with Gasteiger partial charge >= 0.3 is 11.9 Å². The molecule has 0 spiro atoms. The van der Waals surface area contributed by atoms with Crippen molar-refractivity contribution in [2.24, 2.45) is 0 Å². The largest absolute Gasteiger partial charge is 0.496 e. The van der Waals surface area contributed by atoms with E-state index in [1.54, 1.807) is 25.3 Å². The Balaban J connectivity index is 1.49. The van der Waals surface area contributed by atoms with Gasteiger partial charge in [0.2, 0.25) is 0 Å². The van der Waals surface area contributed by atoms with Gasteiger partial charge in [-0.3, -0.25) is 0 Å². The van der Waals surface area contributed by atoms with Gasteiger partial charge in [0.25, 0.3) is 0 Å². The fourth-order valence-electron chi connectivity index (χ4n) is 2.51. The van der Waals surface area contributed by atoms with Gasteiger partial charge in [0, 0.05) is 0 Å². The fourth-order valence-corrected chi connectivity index (χ4v) is 3.05. The number of hydrogen-bond donors (Lipinski definition) is 0. The van der Waals surface area contributed by atoms with Gasteiger partial charge < -0.3 is 18.9 Å². The molecule has 0 atom stereocenters. The third-order valence-electron chi connectivity index (χ3n) is 4.02. The summed E-state index contributed by atoms with van der Waals surface area (Å²) in [5.74, 6) is 0.637. The lowest BCUT2D eigenvalue weighted by molar-refractivity contribution is 0.0450. The van der Waals surface area contributed by atoms with Gasteiger partial charge in [-0.25, -0.2) is 9.59 Å². The van der Waals surface area contributed by atoms with Crippen LogP contribution in [0.5, 0.6) is 17.2 Å². The van der Waals surface area contributed by atoms with E-state index >= 15 is 0 Å². The zero-order valence-electron chi connectivity index (χ0n) is 16.2. The molecular formula is C23H19BrO6. The highest BCUT2D eigenvalue weighted by molar-refractivity contribution is 9.10. The van der Waals surface area contributed by atoms with Crippen LogP contribution in [0.1, 0.15) is 20.7 Å². The molecule has 0 heterocycles. The van der Waals surface area contributed by atoms with E-state index in [0.29, 0.717) is 32.8 Å². The minimum atomic E-state index is -0.522. The summed E-state index contributed by atoms with van der Waals surface area (Å²) >= 11 is 3.33. The summed E-state index contributed by atoms with van der Waals surface area (Å²) in [6.45, 7) is 0.375. The maximum absolute atomic E-state index is 12.3. The van der Waals surface area contributed by atoms with E-state index in [4.69, 9.17) is 18.9 Å². The van der Waals surface area contributed by atoms with Gasteiger partial charge in [0.05, 0.1) is 22.7 Å². The molecular weight excluding hydrogens is 452 g/mol. The molecule has 0 unspecified atom stereocenters. The van der Waals surface area contributed by atoms with Crippen molar-refractivity contribution in [2.45, 2.75) is 0 Å². The van der Waals surface area contributed by atoms with E-state index in [0.717, 1.165) is 0 Å². The van der Waals surface area contributed by atoms with Crippen LogP contribution in [0.15, 0.2) is 77.3 Å². The first-order chi connectivity index (χ1) is 14.6. The first kappa shape index (κ1) is 21.4. The van der Waals surface area contributed by atoms with Crippen LogP contribution >= 0.6 is 15.9 Å². The maximum Gasteiger partial charge on any atom is 0.343 e. The second kappa shape index (κ2) is 10.5. The lowest BCUT2D eigenvalue weighted by Gasteiger charge is -2.09. The molecule has 30 heavy (non-hydrogen) atoms. The van der Waals surface area contributed by atoms with Gasteiger partial charge in [0.1, 0.15) is 30.5 Å². The smallest absolute Gasteiger partial charge is 0.343 e. The maximum atomic E-state index is 12.3. The number of carbonyl (C=O) groups excluding carboxylic acids is 2. The highest BCUT2D eigenvalue weighted by atomic mass is 79.9. The highest BCUT2D eigenvalue weighted by Gasteiger charge is 2.13. The minimum absolute atomic E-state index is 0.122. The molecule has 0 bridgehead atoms. The van der Waals surface area contributed by atoms with Crippen molar-refractivity contribution in [3.63, 3.8) is 0 Å². The molecule has 154 valence electrons. The van der Waals surface area contributed by atoms with Crippen LogP contribution in [0.3, 0.4) is 0 Å². The molecule has 0 saturated carbocycles. The highest BCUT2D eigenvalue weighted by Crippen LogP contribution is 2.26. The molecule has 0 aliphatic carbocycles. The van der Waals surface area contributed by atoms with Crippen LogP contribution in [-0.4, -0.2) is 32.3 Å². The Morgan fingerprint density at radius 1 is 0.800 bits per heavy atom. The van der Waals surface area contributed by atoms with Gasteiger partial charge in [-0.05, 0) is 70.5 Å². The molecule has 0 saturated heterocycles. The summed E-state index contributed by atoms with van der Waals surface area (Å²) in [5.41, 5.74) is 0.714. The molecule has 0 aliphatic rings. The second-order valence-corrected chi connectivity index (χ2v) is 6.91. The van der Waals surface area contributed by atoms with Crippen molar-refractivity contribution in [1.29, 1.82) is 0 Å². The molecule has 0 radical (unpaired) electrons. The molecule has 0 N–H and O–H groups in total. The van der Waals surface area contributed by atoms with Gasteiger partial charge in [-0.15, -0.1) is 0 Å². The first-order valence-electron chi connectivity index (χ1n) is 9.07. The number of rotatable bonds is 8. The fraction of sp³-hybridized carbons (Fsp3) is 0.130. The molecule has 0 fully saturated rings. The molecule has 3 rings (SSSR count). The number of para-hydroxylation sites is 1. The predicted octanol–water partition coefficient (Wildman–Crippen LogP) is 4.91. The number of methoxy groups -OCH3 is 1. The minimum Gasteiger partial charge on any atom is -0.496 e. The number of halogens is 1. The zero-order chi connectivity index (χ0) is 21.3. The Labute approximate surface area is 182 Å². The van der Waals surface area contributed by atoms with E-state index in [-0.39, 0.29) is 13.2 Å². The summed E-state index contributed by atoms with van der Waals surface area (Å²) in [6, 6.07) is 20.3. The van der Waals surface area contributed by atoms with E-state index < -0.39 is 11.9 Å². The summed E-state index contributed by atoms with van der Waals surface area (Å²) in [5, 5.41) is 0. The van der Waals surface area contributed by atoms with Crippen molar-refractivity contribution in [3.05, 3.63) is 88.4 Å². The summed E-state index contributed by atoms with van der Waals surface area (Å²) in [6.07, 6.45) is 0. The molecule has 0 amide bonds. The predicted molar refractivity (Wildman–Crippen MR) is 114 cm³/mol. The van der Waals surface area contributed by atoms with Crippen LogP contribution < -0.4 is 14.2 Å². The second-order valence-electron chi connectivity index (χ2n) is 6.06. The Morgan fingerprint density at radius 3 is 2.17 bits per heavy atom. The van der Waals surface area contributed by atoms with Crippen LogP contribution in [0, 0.1) is 0 Å². The van der Waals surface area contributed by atoms with Crippen molar-refractivity contribution in [2.75, 3.05) is 20.3 Å². The van der Waals surface area contributed by atoms with Gasteiger partial charge in [-0.1, -0.05) is 18.2 Å². The van der Waals surface area contributed by atoms with Crippen molar-refractivity contribution in [3.8, 4) is 17.2 Å². The Kier molecular flexibility index (Phi) is 7.45. The standard InChI is InChI=1S/C23H19BrO6/c1-27-21-12-9-17(15-20(21)24)23(26)30-19-10-7-16(8-11-19)22(25)29-14-13-28-18-5-3-2-4-6-18/h2-12,15H,13-14H2,1H3. The molecule has 6 nitrogen and oxygen atoms in total. The number of esters is 2. The summed E-state index contributed by atoms with van der Waals surface area (Å²) in [4.78, 5) is 24.4. The van der Waals surface area contributed by atoms with Crippen molar-refractivity contribution in [1.82, 2.24) is 0 Å². The molecule has 3 aromatic rings. The lowest BCUT2D eigenvalue weighted by Crippen LogP contribution is -2.12. The van der Waals surface area contributed by atoms with E-state index in [9.17, 15) is 9.59 Å². The van der Waals surface area contributed by atoms with Gasteiger partial charge in [0.15, 0.2) is 0 Å². The molecule has 0 aromatic heterocycles. The Bertz CT molecular complexity index is 1000. The van der Waals surface area contributed by atoms with Crippen LogP contribution in [0.2, 0.25) is 0 Å². The molecule has 7 heteroatoms. The van der Waals surface area contributed by atoms with Crippen molar-refractivity contribution < 1.29 is 28.5 Å². The quantitative estimate of drug-likeness (QED) is 0.264. The van der Waals surface area contributed by atoms with E-state index in [2.05, 4.69) is 15.9 Å². The Morgan fingerprint density at radius 2 is 1.50 bits per heavy atom. The number of benzene rings is 3. The van der Waals surface area contributed by atoms with E-state index in [1.165, 1.54) is 24.3 Å². The number of hydrogen-bond acceptors (Lipinski definition) is 6. The van der Waals surface area contributed by atoms with Crippen LogP contribution in [-0.2, 0) is 4.74 Å². The third kappa shape index (κ3) is 5.84. The van der Waals surface area contributed by atoms with E-state index in [1.807, 2.05) is 30.3 Å². The average Bonchev–Trinajstić information content (AvgIpc) is 2.77. The first-order valence-corrected chi connectivity index (χ1v) is 9.87. The summed E-state index contributed by atoms with van der Waals surface area (Å²) < 4.78 is 21.8.